The van der Waals surface area contributed by atoms with Crippen molar-refractivity contribution in [3.05, 3.63) is 407 Å². The van der Waals surface area contributed by atoms with E-state index >= 15 is 0 Å². The number of nitrogens with zero attached hydrogens (tertiary/aromatic N) is 4. The molecule has 0 atom stereocenters. The maximum Gasteiger partial charge on any atom is 0.252 e. The molecule has 22 rings (SSSR count). The summed E-state index contributed by atoms with van der Waals surface area (Å²) in [5.74, 6) is 0. The molecule has 0 saturated carbocycles. The van der Waals surface area contributed by atoms with Gasteiger partial charge in [0.15, 0.2) is 0 Å². The van der Waals surface area contributed by atoms with Crippen molar-refractivity contribution in [2.75, 3.05) is 22.9 Å². The smallest absolute Gasteiger partial charge is 0.252 e. The van der Waals surface area contributed by atoms with E-state index in [2.05, 4.69) is 433 Å². The third-order valence-corrected chi connectivity index (χ3v) is 27.0. The lowest BCUT2D eigenvalue weighted by Gasteiger charge is -2.45. The van der Waals surface area contributed by atoms with Crippen LogP contribution >= 0.6 is 0 Å². The van der Waals surface area contributed by atoms with Crippen LogP contribution in [0.1, 0.15) is 118 Å². The molecular weight excluding hydrogens is 1440 g/mol. The first kappa shape index (κ1) is 72.3. The van der Waals surface area contributed by atoms with Gasteiger partial charge in [-0.1, -0.05) is 353 Å². The number of benzene rings is 16. The number of para-hydroxylation sites is 3. The molecule has 2 aromatic heterocycles. The van der Waals surface area contributed by atoms with Crippen LogP contribution in [0.15, 0.2) is 352 Å². The van der Waals surface area contributed by atoms with Gasteiger partial charge in [-0.05, 0) is 229 Å². The zero-order valence-corrected chi connectivity index (χ0v) is 69.4. The first-order valence-corrected chi connectivity index (χ1v) is 42.8. The summed E-state index contributed by atoms with van der Waals surface area (Å²) in [5, 5.41) is 5.05. The van der Waals surface area contributed by atoms with Crippen molar-refractivity contribution in [3.8, 4) is 72.4 Å². The van der Waals surface area contributed by atoms with Crippen molar-refractivity contribution < 1.29 is 0 Å². The Balaban J connectivity index is 0.802. The molecule has 2 aliphatic carbocycles. The lowest BCUT2D eigenvalue weighted by atomic mass is 9.33. The quantitative estimate of drug-likeness (QED) is 0.107. The highest BCUT2D eigenvalue weighted by Gasteiger charge is 2.52. The van der Waals surface area contributed by atoms with Gasteiger partial charge < -0.3 is 18.9 Å². The van der Waals surface area contributed by atoms with Crippen LogP contribution in [0.5, 0.6) is 0 Å². The summed E-state index contributed by atoms with van der Waals surface area (Å²) >= 11 is 0. The molecule has 4 nitrogen and oxygen atoms in total. The Kier molecular flexibility index (Phi) is 16.7. The average Bonchev–Trinajstić information content (AvgIpc) is 1.49. The lowest BCUT2D eigenvalue weighted by Crippen LogP contribution is -2.62. The first-order chi connectivity index (χ1) is 57.9. The van der Waals surface area contributed by atoms with E-state index in [0.29, 0.717) is 13.1 Å². The molecular formula is C114H95BN4. The highest BCUT2D eigenvalue weighted by atomic mass is 15.2. The number of anilines is 4. The van der Waals surface area contributed by atoms with Crippen LogP contribution in [0.2, 0.25) is 0 Å². The molecule has 0 amide bonds. The molecule has 119 heavy (non-hydrogen) atoms. The molecule has 0 fully saturated rings. The normalized spacial score (nSPS) is 13.6. The summed E-state index contributed by atoms with van der Waals surface area (Å²) in [4.78, 5) is 5.60. The van der Waals surface area contributed by atoms with Crippen molar-refractivity contribution in [3.63, 3.8) is 0 Å². The van der Waals surface area contributed by atoms with Gasteiger partial charge in [-0.25, -0.2) is 0 Å². The average molecular weight is 1530 g/mol. The summed E-state index contributed by atoms with van der Waals surface area (Å²) in [6, 6.07) is 136. The molecule has 4 aliphatic rings. The fourth-order valence-corrected chi connectivity index (χ4v) is 21.2. The SMILES string of the molecule is CC(C)(C)c1cc(-c2ccccc2)c(CCN2c3cc(Cn4c5ccccc5c5ccccc54)ccc3B3c4ccc(-n5c6ccccc6c6cc7c(cc65)C5(c6ccccc6-c6ccccc65)c5ccccc5-7)cc4N(CCc4c(-c5ccccc5)cc(C(C)(C)C)cc4-c4ccccc4)c4cc(C(C)(C)C)cc2c43)c(-c2ccccc2)c1. The molecule has 16 aromatic carbocycles. The molecule has 1 spiro atoms. The van der Waals surface area contributed by atoms with Crippen molar-refractivity contribution in [2.45, 2.75) is 103 Å². The monoisotopic (exact) mass is 1530 g/mol. The van der Waals surface area contributed by atoms with Crippen LogP contribution in [-0.2, 0) is 41.0 Å². The Bertz CT molecular complexity index is 6920. The predicted octanol–water partition coefficient (Wildman–Crippen LogP) is 26.7. The molecule has 5 heteroatoms. The molecule has 574 valence electrons. The minimum atomic E-state index is -0.521. The molecule has 0 unspecified atom stereocenters. The summed E-state index contributed by atoms with van der Waals surface area (Å²) in [7, 11) is 0. The van der Waals surface area contributed by atoms with Crippen molar-refractivity contribution in [1.82, 2.24) is 9.13 Å². The maximum absolute atomic E-state index is 2.81. The van der Waals surface area contributed by atoms with Crippen LogP contribution in [0.3, 0.4) is 0 Å². The fourth-order valence-electron chi connectivity index (χ4n) is 21.2. The number of hydrogen-bond acceptors (Lipinski definition) is 2. The topological polar surface area (TPSA) is 16.3 Å². The standard InChI is InChI=1S/C114H95BN4/c1-111(2,3)78-63-90(74-34-14-10-15-35-74)82(91(64-78)75-36-16-11-17-37-75)58-60-116-106-62-73(72-118-102-51-31-25-45-87(102)88-46-26-32-52-103(88)118)54-56-100(106)115-101-57-55-81(119-104-53-33-27-47-89(104)95-70-94-86-44-24-30-50-98(86)114(99(94)71-105(95)119)96-48-28-22-42-84(96)85-43-23-29-49-97(85)114)69-107(101)117(109-68-80(113(7,8)9)67-108(116)110(109)115)61-59-83-92(76-38-18-12-19-39-76)65-79(112(4,5)6)66-93(83)77-40-20-13-21-41-77/h10-57,62-71H,58-61,72H2,1-9H3. The summed E-state index contributed by atoms with van der Waals surface area (Å²) in [6.45, 7) is 23.5. The van der Waals surface area contributed by atoms with E-state index in [4.69, 9.17) is 0 Å². The van der Waals surface area contributed by atoms with E-state index in [1.807, 2.05) is 0 Å². The molecule has 0 bridgehead atoms. The lowest BCUT2D eigenvalue weighted by molar-refractivity contribution is 0.589. The van der Waals surface area contributed by atoms with Crippen molar-refractivity contribution in [1.29, 1.82) is 0 Å². The van der Waals surface area contributed by atoms with E-state index in [9.17, 15) is 0 Å². The largest absolute Gasteiger partial charge is 0.342 e. The summed E-state index contributed by atoms with van der Waals surface area (Å²) in [5.41, 5.74) is 42.6. The van der Waals surface area contributed by atoms with Gasteiger partial charge in [-0.3, -0.25) is 0 Å². The number of fused-ring (bicyclic) bond motifs is 20. The van der Waals surface area contributed by atoms with E-state index in [-0.39, 0.29) is 23.0 Å². The summed E-state index contributed by atoms with van der Waals surface area (Å²) in [6.07, 6.45) is 1.54. The molecule has 0 saturated heterocycles. The Morgan fingerprint density at radius 3 is 1.09 bits per heavy atom. The van der Waals surface area contributed by atoms with Gasteiger partial charge in [0.1, 0.15) is 0 Å². The minimum absolute atomic E-state index is 0.104. The van der Waals surface area contributed by atoms with E-state index in [0.717, 1.165) is 25.1 Å². The predicted molar refractivity (Wildman–Crippen MR) is 505 cm³/mol. The highest BCUT2D eigenvalue weighted by Crippen LogP contribution is 2.64. The number of hydrogen-bond donors (Lipinski definition) is 0. The first-order valence-electron chi connectivity index (χ1n) is 42.8. The fraction of sp³-hybridized carbons (Fsp3) is 0.158. The zero-order valence-electron chi connectivity index (χ0n) is 69.4. The van der Waals surface area contributed by atoms with Crippen LogP contribution in [0.25, 0.3) is 116 Å². The molecule has 2 aliphatic heterocycles. The van der Waals surface area contributed by atoms with E-state index in [1.165, 1.54) is 205 Å². The Morgan fingerprint density at radius 2 is 0.647 bits per heavy atom. The third-order valence-electron chi connectivity index (χ3n) is 27.0. The van der Waals surface area contributed by atoms with Crippen LogP contribution < -0.4 is 26.2 Å². The van der Waals surface area contributed by atoms with Gasteiger partial charge >= 0.3 is 0 Å². The van der Waals surface area contributed by atoms with Crippen LogP contribution in [0, 0.1) is 0 Å². The van der Waals surface area contributed by atoms with Crippen LogP contribution in [0.4, 0.5) is 22.7 Å². The van der Waals surface area contributed by atoms with Gasteiger partial charge in [0.05, 0.1) is 16.4 Å². The molecule has 18 aromatic rings. The second-order valence-electron chi connectivity index (χ2n) is 36.9. The van der Waals surface area contributed by atoms with Crippen molar-refractivity contribution >= 4 is 89.5 Å². The van der Waals surface area contributed by atoms with E-state index in [1.54, 1.807) is 0 Å². The maximum atomic E-state index is 2.81. The minimum Gasteiger partial charge on any atom is -0.342 e. The number of rotatable bonds is 13. The Morgan fingerprint density at radius 1 is 0.277 bits per heavy atom. The molecule has 4 heterocycles. The van der Waals surface area contributed by atoms with Gasteiger partial charge in [0.2, 0.25) is 0 Å². The van der Waals surface area contributed by atoms with Gasteiger partial charge in [-0.15, -0.1) is 0 Å². The van der Waals surface area contributed by atoms with Gasteiger partial charge in [0, 0.05) is 80.6 Å². The zero-order chi connectivity index (χ0) is 80.4. The van der Waals surface area contributed by atoms with Gasteiger partial charge in [-0.2, -0.15) is 0 Å². The highest BCUT2D eigenvalue weighted by molar-refractivity contribution is 7.00. The Labute approximate surface area is 700 Å². The Hall–Kier alpha value is -13.2. The molecule has 0 radical (unpaired) electrons. The van der Waals surface area contributed by atoms with Crippen LogP contribution in [-0.4, -0.2) is 28.9 Å². The second kappa shape index (κ2) is 27.4. The second-order valence-corrected chi connectivity index (χ2v) is 36.9. The van der Waals surface area contributed by atoms with Gasteiger partial charge in [0.25, 0.3) is 6.71 Å². The molecule has 0 N–H and O–H groups in total. The number of aromatic nitrogens is 2. The van der Waals surface area contributed by atoms with Crippen molar-refractivity contribution in [2.24, 2.45) is 0 Å². The summed E-state index contributed by atoms with van der Waals surface area (Å²) < 4.78 is 5.19. The third kappa shape index (κ3) is 11.5. The van der Waals surface area contributed by atoms with E-state index < -0.39 is 5.41 Å².